The third-order valence-electron chi connectivity index (χ3n) is 4.57. The number of carbonyl (C=O) groups excluding carboxylic acids is 2. The number of esters is 1. The summed E-state index contributed by atoms with van der Waals surface area (Å²) >= 11 is 1.22. The van der Waals surface area contributed by atoms with Crippen LogP contribution in [0.3, 0.4) is 0 Å². The van der Waals surface area contributed by atoms with Crippen molar-refractivity contribution in [2.24, 2.45) is 0 Å². The fourth-order valence-electron chi connectivity index (χ4n) is 3.20. The highest BCUT2D eigenvalue weighted by molar-refractivity contribution is 7.03. The maximum Gasteiger partial charge on any atom is 0.340 e. The maximum atomic E-state index is 12.7. The number of hydrogen-bond acceptors (Lipinski definition) is 7. The highest BCUT2D eigenvalue weighted by atomic mass is 32.1. The lowest BCUT2D eigenvalue weighted by Gasteiger charge is -2.08. The first-order chi connectivity index (χ1) is 13.7. The smallest absolute Gasteiger partial charge is 0.340 e. The van der Waals surface area contributed by atoms with Gasteiger partial charge in [-0.1, -0.05) is 0 Å². The average Bonchev–Trinajstić information content (AvgIpc) is 3.34. The van der Waals surface area contributed by atoms with Crippen molar-refractivity contribution < 1.29 is 19.1 Å². The van der Waals surface area contributed by atoms with Gasteiger partial charge in [0.25, 0.3) is 5.91 Å². The van der Waals surface area contributed by atoms with Gasteiger partial charge in [0.15, 0.2) is 0 Å². The van der Waals surface area contributed by atoms with E-state index in [0.29, 0.717) is 57.0 Å². The zero-order valence-corrected chi connectivity index (χ0v) is 16.9. The first-order valence-electron chi connectivity index (χ1n) is 9.71. The van der Waals surface area contributed by atoms with Gasteiger partial charge in [-0.15, -0.1) is 0 Å². The van der Waals surface area contributed by atoms with Crippen molar-refractivity contribution in [1.29, 1.82) is 0 Å². The lowest BCUT2D eigenvalue weighted by atomic mass is 10.0. The number of nitrogens with zero attached hydrogens (tertiary/aromatic N) is 3. The van der Waals surface area contributed by atoms with E-state index in [9.17, 15) is 9.59 Å². The van der Waals surface area contributed by atoms with Gasteiger partial charge >= 0.3 is 5.97 Å². The standard InChI is InChI=1S/C19H26N4O4S/c1-2-23-17-15(6-3-9-26-10-5-8-20-18(17)24)16(22-23)7-4-11-27-19(25)14-12-21-28-13-14/h12-13H,2-11H2,1H3,(H,20,24). The highest BCUT2D eigenvalue weighted by Gasteiger charge is 2.22. The molecule has 0 atom stereocenters. The summed E-state index contributed by atoms with van der Waals surface area (Å²) in [5, 5.41) is 9.30. The van der Waals surface area contributed by atoms with E-state index in [0.717, 1.165) is 30.5 Å². The average molecular weight is 407 g/mol. The molecule has 3 heterocycles. The Labute approximate surface area is 168 Å². The van der Waals surface area contributed by atoms with Crippen LogP contribution in [-0.4, -0.2) is 52.4 Å². The monoisotopic (exact) mass is 406 g/mol. The second-order valence-corrected chi connectivity index (χ2v) is 7.22. The van der Waals surface area contributed by atoms with Gasteiger partial charge in [0.1, 0.15) is 5.69 Å². The Balaban J connectivity index is 1.66. The summed E-state index contributed by atoms with van der Waals surface area (Å²) in [4.78, 5) is 24.6. The summed E-state index contributed by atoms with van der Waals surface area (Å²) in [5.41, 5.74) is 3.02. The van der Waals surface area contributed by atoms with Crippen LogP contribution in [0.15, 0.2) is 11.6 Å². The second kappa shape index (κ2) is 10.3. The largest absolute Gasteiger partial charge is 0.462 e. The lowest BCUT2D eigenvalue weighted by molar-refractivity contribution is 0.0500. The predicted octanol–water partition coefficient (Wildman–Crippen LogP) is 2.23. The zero-order valence-electron chi connectivity index (χ0n) is 16.1. The number of amides is 1. The minimum absolute atomic E-state index is 0.0751. The van der Waals surface area contributed by atoms with Crippen molar-refractivity contribution >= 4 is 23.4 Å². The molecule has 0 unspecified atom stereocenters. The number of nitrogens with one attached hydrogen (secondary N) is 1. The second-order valence-electron chi connectivity index (χ2n) is 6.57. The minimum Gasteiger partial charge on any atom is -0.462 e. The molecule has 1 aliphatic heterocycles. The van der Waals surface area contributed by atoms with E-state index in [1.54, 1.807) is 10.1 Å². The summed E-state index contributed by atoms with van der Waals surface area (Å²) in [6.45, 7) is 4.85. The molecule has 152 valence electrons. The van der Waals surface area contributed by atoms with E-state index >= 15 is 0 Å². The molecule has 0 fully saturated rings. The number of aryl methyl sites for hydroxylation is 2. The van der Waals surface area contributed by atoms with Crippen molar-refractivity contribution in [2.75, 3.05) is 26.4 Å². The number of ether oxygens (including phenoxy) is 2. The maximum absolute atomic E-state index is 12.7. The molecule has 0 radical (unpaired) electrons. The Morgan fingerprint density at radius 2 is 2.25 bits per heavy atom. The molecule has 2 aromatic heterocycles. The van der Waals surface area contributed by atoms with Crippen LogP contribution in [0.1, 0.15) is 58.3 Å². The van der Waals surface area contributed by atoms with Gasteiger partial charge in [0.05, 0.1) is 24.1 Å². The van der Waals surface area contributed by atoms with Crippen LogP contribution in [0.5, 0.6) is 0 Å². The molecule has 8 nitrogen and oxygen atoms in total. The molecule has 0 spiro atoms. The molecule has 2 aromatic rings. The molecule has 0 aliphatic carbocycles. The quantitative estimate of drug-likeness (QED) is 0.584. The SMILES string of the molecule is CCn1nc(CCCOC(=O)c2cnsc2)c2c1C(=O)NCCCOCCC2. The van der Waals surface area contributed by atoms with Gasteiger partial charge in [-0.25, -0.2) is 9.17 Å². The summed E-state index contributed by atoms with van der Waals surface area (Å²) in [7, 11) is 0. The summed E-state index contributed by atoms with van der Waals surface area (Å²) in [5.74, 6) is -0.433. The molecule has 0 bridgehead atoms. The van der Waals surface area contributed by atoms with Crippen LogP contribution in [0.2, 0.25) is 0 Å². The normalized spacial score (nSPS) is 15.4. The first-order valence-corrected chi connectivity index (χ1v) is 10.5. The Hall–Kier alpha value is -2.26. The molecular formula is C19H26N4O4S. The van der Waals surface area contributed by atoms with Gasteiger partial charge in [-0.05, 0) is 50.6 Å². The Morgan fingerprint density at radius 1 is 1.39 bits per heavy atom. The number of rotatable bonds is 6. The van der Waals surface area contributed by atoms with Gasteiger partial charge in [0.2, 0.25) is 0 Å². The van der Waals surface area contributed by atoms with Crippen molar-refractivity contribution in [1.82, 2.24) is 19.5 Å². The number of aromatic nitrogens is 3. The van der Waals surface area contributed by atoms with Gasteiger partial charge in [-0.3, -0.25) is 9.48 Å². The molecule has 0 saturated heterocycles. The number of hydrogen-bond donors (Lipinski definition) is 1. The third-order valence-corrected chi connectivity index (χ3v) is 5.16. The first kappa shape index (κ1) is 20.5. The molecule has 1 amide bonds. The summed E-state index contributed by atoms with van der Waals surface area (Å²) in [6, 6.07) is 0. The van der Waals surface area contributed by atoms with Gasteiger partial charge in [0, 0.05) is 37.2 Å². The fourth-order valence-corrected chi connectivity index (χ4v) is 3.71. The lowest BCUT2D eigenvalue weighted by Crippen LogP contribution is -2.28. The van der Waals surface area contributed by atoms with Crippen molar-refractivity contribution in [2.45, 2.75) is 45.6 Å². The zero-order chi connectivity index (χ0) is 19.8. The molecule has 1 N–H and O–H groups in total. The fraction of sp³-hybridized carbons (Fsp3) is 0.579. The number of carbonyl (C=O) groups is 2. The summed E-state index contributed by atoms with van der Waals surface area (Å²) < 4.78 is 16.6. The van der Waals surface area contributed by atoms with Gasteiger partial charge < -0.3 is 14.8 Å². The van der Waals surface area contributed by atoms with E-state index in [2.05, 4.69) is 14.8 Å². The van der Waals surface area contributed by atoms with Crippen LogP contribution in [0.25, 0.3) is 0 Å². The van der Waals surface area contributed by atoms with Crippen molar-refractivity contribution in [3.63, 3.8) is 0 Å². The Bertz CT molecular complexity index is 788. The molecule has 1 aliphatic rings. The van der Waals surface area contributed by atoms with Crippen LogP contribution >= 0.6 is 11.5 Å². The Morgan fingerprint density at radius 3 is 3.04 bits per heavy atom. The van der Waals surface area contributed by atoms with E-state index in [1.807, 2.05) is 6.92 Å². The molecule has 9 heteroatoms. The van der Waals surface area contributed by atoms with Crippen LogP contribution in [0.4, 0.5) is 0 Å². The van der Waals surface area contributed by atoms with E-state index < -0.39 is 0 Å². The van der Waals surface area contributed by atoms with E-state index in [4.69, 9.17) is 9.47 Å². The van der Waals surface area contributed by atoms with Crippen molar-refractivity contribution in [3.05, 3.63) is 34.1 Å². The predicted molar refractivity (Wildman–Crippen MR) is 105 cm³/mol. The van der Waals surface area contributed by atoms with Crippen LogP contribution < -0.4 is 5.32 Å². The van der Waals surface area contributed by atoms with Crippen molar-refractivity contribution in [3.8, 4) is 0 Å². The van der Waals surface area contributed by atoms with E-state index in [-0.39, 0.29) is 11.9 Å². The van der Waals surface area contributed by atoms with Crippen LogP contribution in [-0.2, 0) is 28.9 Å². The third kappa shape index (κ3) is 5.17. The topological polar surface area (TPSA) is 95.3 Å². The van der Waals surface area contributed by atoms with E-state index in [1.165, 1.54) is 17.7 Å². The molecule has 3 rings (SSSR count). The highest BCUT2D eigenvalue weighted by Crippen LogP contribution is 2.19. The Kier molecular flexibility index (Phi) is 7.55. The summed E-state index contributed by atoms with van der Waals surface area (Å²) in [6.07, 6.45) is 5.21. The molecular weight excluding hydrogens is 380 g/mol. The molecule has 28 heavy (non-hydrogen) atoms. The van der Waals surface area contributed by atoms with Crippen LogP contribution in [0, 0.1) is 0 Å². The molecule has 0 aromatic carbocycles. The van der Waals surface area contributed by atoms with Gasteiger partial charge in [-0.2, -0.15) is 5.10 Å². The minimum atomic E-state index is -0.358. The molecule has 0 saturated carbocycles. The number of fused-ring (bicyclic) bond motifs is 1.